The first-order chi connectivity index (χ1) is 12.2. The Kier molecular flexibility index (Phi) is 6.59. The molecule has 6 heteroatoms. The first-order valence-corrected chi connectivity index (χ1v) is 7.57. The maximum Gasteiger partial charge on any atom is 0.271 e. The summed E-state index contributed by atoms with van der Waals surface area (Å²) in [5, 5.41) is 3.96. The quantitative estimate of drug-likeness (QED) is 0.456. The molecule has 0 saturated carbocycles. The minimum absolute atomic E-state index is 0.352. The number of nitrogens with zero attached hydrogens (tertiary/aromatic N) is 1. The van der Waals surface area contributed by atoms with E-state index in [4.69, 9.17) is 14.2 Å². The normalized spacial score (nSPS) is 10.3. The van der Waals surface area contributed by atoms with Gasteiger partial charge in [-0.3, -0.25) is 4.79 Å². The molecular formula is C19H20N2O4. The fourth-order valence-corrected chi connectivity index (χ4v) is 2.07. The molecule has 0 atom stereocenters. The van der Waals surface area contributed by atoms with Crippen molar-refractivity contribution in [3.63, 3.8) is 0 Å². The number of carbonyl (C=O) groups is 1. The number of para-hydroxylation sites is 1. The molecule has 0 bridgehead atoms. The van der Waals surface area contributed by atoms with Gasteiger partial charge in [0.25, 0.3) is 5.91 Å². The maximum atomic E-state index is 12.2. The molecule has 1 amide bonds. The van der Waals surface area contributed by atoms with Gasteiger partial charge in [-0.05, 0) is 30.3 Å². The minimum atomic E-state index is -0.361. The predicted octanol–water partition coefficient (Wildman–Crippen LogP) is 3.03. The van der Waals surface area contributed by atoms with Gasteiger partial charge in [-0.15, -0.1) is 0 Å². The Balaban J connectivity index is 2.07. The van der Waals surface area contributed by atoms with Crippen molar-refractivity contribution in [3.05, 3.63) is 66.2 Å². The zero-order valence-corrected chi connectivity index (χ0v) is 14.2. The lowest BCUT2D eigenvalue weighted by Crippen LogP contribution is -2.17. The molecule has 1 N–H and O–H groups in total. The summed E-state index contributed by atoms with van der Waals surface area (Å²) in [6.45, 7) is 3.95. The van der Waals surface area contributed by atoms with E-state index in [1.807, 2.05) is 24.3 Å². The van der Waals surface area contributed by atoms with Crippen LogP contribution in [0.4, 0.5) is 0 Å². The van der Waals surface area contributed by atoms with Crippen LogP contribution >= 0.6 is 0 Å². The summed E-state index contributed by atoms with van der Waals surface area (Å²) in [6, 6.07) is 12.3. The van der Waals surface area contributed by atoms with Gasteiger partial charge in [0.2, 0.25) is 0 Å². The number of benzene rings is 2. The third-order valence-corrected chi connectivity index (χ3v) is 3.29. The van der Waals surface area contributed by atoms with E-state index in [0.29, 0.717) is 29.4 Å². The van der Waals surface area contributed by atoms with E-state index in [9.17, 15) is 4.79 Å². The van der Waals surface area contributed by atoms with Crippen LogP contribution in [0, 0.1) is 0 Å². The van der Waals surface area contributed by atoms with E-state index < -0.39 is 0 Å². The van der Waals surface area contributed by atoms with Crippen molar-refractivity contribution >= 4 is 12.1 Å². The van der Waals surface area contributed by atoms with Gasteiger partial charge >= 0.3 is 0 Å². The monoisotopic (exact) mass is 340 g/mol. The maximum absolute atomic E-state index is 12.2. The molecule has 0 spiro atoms. The molecule has 2 aromatic rings. The topological polar surface area (TPSA) is 69.2 Å². The highest BCUT2D eigenvalue weighted by atomic mass is 16.5. The van der Waals surface area contributed by atoms with Crippen molar-refractivity contribution in [3.8, 4) is 17.2 Å². The number of hydrazone groups is 1. The Labute approximate surface area is 146 Å². The molecule has 0 fully saturated rings. The fourth-order valence-electron chi connectivity index (χ4n) is 2.07. The average molecular weight is 340 g/mol. The molecule has 130 valence electrons. The molecule has 0 saturated heterocycles. The van der Waals surface area contributed by atoms with Crippen LogP contribution < -0.4 is 19.6 Å². The van der Waals surface area contributed by atoms with Gasteiger partial charge in [0, 0.05) is 11.1 Å². The number of amides is 1. The molecule has 25 heavy (non-hydrogen) atoms. The first kappa shape index (κ1) is 18.1. The van der Waals surface area contributed by atoms with Crippen molar-refractivity contribution in [2.45, 2.75) is 0 Å². The number of methoxy groups -OCH3 is 2. The molecule has 0 aliphatic carbocycles. The second-order valence-electron chi connectivity index (χ2n) is 4.91. The SMILES string of the molecule is C=CCOc1ccc(C(=O)N/N=C/c2ccccc2OC)cc1OC. The molecule has 0 radical (unpaired) electrons. The smallest absolute Gasteiger partial charge is 0.271 e. The van der Waals surface area contributed by atoms with Crippen molar-refractivity contribution in [2.24, 2.45) is 5.10 Å². The summed E-state index contributed by atoms with van der Waals surface area (Å²) >= 11 is 0. The van der Waals surface area contributed by atoms with Crippen LogP contribution in [0.5, 0.6) is 17.2 Å². The number of hydrogen-bond acceptors (Lipinski definition) is 5. The molecule has 0 aromatic heterocycles. The Bertz CT molecular complexity index is 772. The summed E-state index contributed by atoms with van der Waals surface area (Å²) in [4.78, 5) is 12.2. The van der Waals surface area contributed by atoms with Crippen LogP contribution in [-0.2, 0) is 0 Å². The van der Waals surface area contributed by atoms with Crippen molar-refractivity contribution in [2.75, 3.05) is 20.8 Å². The molecule has 2 aromatic carbocycles. The Morgan fingerprint density at radius 1 is 1.12 bits per heavy atom. The van der Waals surface area contributed by atoms with E-state index in [-0.39, 0.29) is 5.91 Å². The minimum Gasteiger partial charge on any atom is -0.496 e. The van der Waals surface area contributed by atoms with Gasteiger partial charge in [0.15, 0.2) is 11.5 Å². The van der Waals surface area contributed by atoms with Gasteiger partial charge < -0.3 is 14.2 Å². The lowest BCUT2D eigenvalue weighted by Gasteiger charge is -2.10. The molecule has 2 rings (SSSR count). The van der Waals surface area contributed by atoms with Crippen LogP contribution in [0.3, 0.4) is 0 Å². The van der Waals surface area contributed by atoms with E-state index in [0.717, 1.165) is 5.56 Å². The molecule has 6 nitrogen and oxygen atoms in total. The van der Waals surface area contributed by atoms with E-state index >= 15 is 0 Å². The van der Waals surface area contributed by atoms with Crippen LogP contribution in [0.25, 0.3) is 0 Å². The molecule has 0 unspecified atom stereocenters. The Morgan fingerprint density at radius 3 is 2.60 bits per heavy atom. The highest BCUT2D eigenvalue weighted by molar-refractivity contribution is 5.95. The lowest BCUT2D eigenvalue weighted by molar-refractivity contribution is 0.0954. The summed E-state index contributed by atoms with van der Waals surface area (Å²) in [7, 11) is 3.09. The average Bonchev–Trinajstić information content (AvgIpc) is 2.66. The number of nitrogens with one attached hydrogen (secondary N) is 1. The molecular weight excluding hydrogens is 320 g/mol. The van der Waals surface area contributed by atoms with Gasteiger partial charge in [-0.25, -0.2) is 5.43 Å². The van der Waals surface area contributed by atoms with Crippen LogP contribution in [0.2, 0.25) is 0 Å². The predicted molar refractivity (Wildman–Crippen MR) is 96.7 cm³/mol. The summed E-state index contributed by atoms with van der Waals surface area (Å²) < 4.78 is 15.9. The summed E-state index contributed by atoms with van der Waals surface area (Å²) in [5.74, 6) is 1.31. The van der Waals surface area contributed by atoms with Crippen LogP contribution in [0.1, 0.15) is 15.9 Å². The summed E-state index contributed by atoms with van der Waals surface area (Å²) in [6.07, 6.45) is 3.15. The lowest BCUT2D eigenvalue weighted by atomic mass is 10.2. The van der Waals surface area contributed by atoms with Crippen molar-refractivity contribution < 1.29 is 19.0 Å². The summed E-state index contributed by atoms with van der Waals surface area (Å²) in [5.41, 5.74) is 3.64. The van der Waals surface area contributed by atoms with Gasteiger partial charge in [0.05, 0.1) is 20.4 Å². The number of rotatable bonds is 8. The van der Waals surface area contributed by atoms with Gasteiger partial charge in [-0.1, -0.05) is 24.8 Å². The Morgan fingerprint density at radius 2 is 1.88 bits per heavy atom. The Hall–Kier alpha value is -3.28. The second-order valence-corrected chi connectivity index (χ2v) is 4.91. The van der Waals surface area contributed by atoms with E-state index in [1.165, 1.54) is 13.3 Å². The fraction of sp³-hybridized carbons (Fsp3) is 0.158. The number of hydrogen-bond donors (Lipinski definition) is 1. The van der Waals surface area contributed by atoms with Crippen LogP contribution in [-0.4, -0.2) is 32.9 Å². The number of ether oxygens (including phenoxy) is 3. The molecule has 0 aliphatic rings. The highest BCUT2D eigenvalue weighted by Crippen LogP contribution is 2.28. The third-order valence-electron chi connectivity index (χ3n) is 3.29. The standard InChI is InChI=1S/C19H20N2O4/c1-4-11-25-17-10-9-14(12-18(17)24-3)19(22)21-20-13-15-7-5-6-8-16(15)23-2/h4-10,12-13H,1,11H2,2-3H3,(H,21,22)/b20-13+. The van der Waals surface area contributed by atoms with Gasteiger partial charge in [0.1, 0.15) is 12.4 Å². The molecule has 0 aliphatic heterocycles. The largest absolute Gasteiger partial charge is 0.496 e. The van der Waals surface area contributed by atoms with E-state index in [1.54, 1.807) is 31.4 Å². The van der Waals surface area contributed by atoms with E-state index in [2.05, 4.69) is 17.1 Å². The zero-order chi connectivity index (χ0) is 18.1. The van der Waals surface area contributed by atoms with Crippen LogP contribution in [0.15, 0.2) is 60.2 Å². The zero-order valence-electron chi connectivity index (χ0n) is 14.2. The first-order valence-electron chi connectivity index (χ1n) is 7.57. The highest BCUT2D eigenvalue weighted by Gasteiger charge is 2.10. The second kappa shape index (κ2) is 9.12. The van der Waals surface area contributed by atoms with Crippen molar-refractivity contribution in [1.82, 2.24) is 5.43 Å². The third kappa shape index (κ3) is 4.84. The molecule has 0 heterocycles. The number of carbonyl (C=O) groups excluding carboxylic acids is 1. The van der Waals surface area contributed by atoms with Gasteiger partial charge in [-0.2, -0.15) is 5.10 Å². The van der Waals surface area contributed by atoms with Crippen molar-refractivity contribution in [1.29, 1.82) is 0 Å².